The van der Waals surface area contributed by atoms with Crippen molar-refractivity contribution in [2.24, 2.45) is 0 Å². The van der Waals surface area contributed by atoms with Crippen LogP contribution in [-0.4, -0.2) is 36.4 Å². The highest BCUT2D eigenvalue weighted by Crippen LogP contribution is 2.10. The maximum Gasteiger partial charge on any atom is 0.212 e. The van der Waals surface area contributed by atoms with Crippen LogP contribution in [-0.2, 0) is 16.4 Å². The Labute approximate surface area is 115 Å². The normalized spacial score (nSPS) is 15.1. The van der Waals surface area contributed by atoms with Crippen LogP contribution in [0, 0.1) is 0 Å². The van der Waals surface area contributed by atoms with Gasteiger partial charge in [0.25, 0.3) is 0 Å². The summed E-state index contributed by atoms with van der Waals surface area (Å²) < 4.78 is 26.1. The molecule has 0 aliphatic heterocycles. The first-order valence-corrected chi connectivity index (χ1v) is 8.09. The number of pyridine rings is 1. The fourth-order valence-electron chi connectivity index (χ4n) is 1.75. The van der Waals surface area contributed by atoms with Gasteiger partial charge in [0.15, 0.2) is 0 Å². The molecule has 1 rings (SSSR count). The van der Waals surface area contributed by atoms with Crippen LogP contribution in [0.5, 0.6) is 0 Å². The number of hydrogen-bond acceptors (Lipinski definition) is 4. The lowest BCUT2D eigenvalue weighted by molar-refractivity contribution is 0.0554. The van der Waals surface area contributed by atoms with Gasteiger partial charge in [0.05, 0.1) is 11.4 Å². The van der Waals surface area contributed by atoms with E-state index in [4.69, 9.17) is 0 Å². The van der Waals surface area contributed by atoms with Crippen LogP contribution >= 0.6 is 0 Å². The van der Waals surface area contributed by atoms with Gasteiger partial charge in [-0.15, -0.1) is 0 Å². The number of sulfonamides is 1. The molecule has 0 saturated heterocycles. The predicted octanol–water partition coefficient (Wildman–Crippen LogP) is 1.09. The first-order valence-electron chi connectivity index (χ1n) is 6.44. The topological polar surface area (TPSA) is 79.3 Å². The van der Waals surface area contributed by atoms with Crippen molar-refractivity contribution in [3.8, 4) is 0 Å². The van der Waals surface area contributed by atoms with E-state index in [1.165, 1.54) is 0 Å². The van der Waals surface area contributed by atoms with E-state index in [0.717, 1.165) is 12.1 Å². The third kappa shape index (κ3) is 6.66. The van der Waals surface area contributed by atoms with Gasteiger partial charge in [0, 0.05) is 24.9 Å². The molecule has 6 heteroatoms. The summed E-state index contributed by atoms with van der Waals surface area (Å²) in [5, 5.41) is 9.92. The van der Waals surface area contributed by atoms with E-state index in [1.807, 2.05) is 13.0 Å². The first kappa shape index (κ1) is 16.1. The first-order chi connectivity index (χ1) is 8.85. The van der Waals surface area contributed by atoms with Gasteiger partial charge in [-0.3, -0.25) is 4.98 Å². The van der Waals surface area contributed by atoms with E-state index in [9.17, 15) is 13.5 Å². The molecule has 0 aliphatic carbocycles. The van der Waals surface area contributed by atoms with E-state index >= 15 is 0 Å². The molecule has 1 aromatic rings. The maximum absolute atomic E-state index is 11.8. The van der Waals surface area contributed by atoms with Crippen LogP contribution in [0.25, 0.3) is 0 Å². The summed E-state index contributed by atoms with van der Waals surface area (Å²) >= 11 is 0. The molecule has 0 aliphatic rings. The molecule has 0 saturated carbocycles. The summed E-state index contributed by atoms with van der Waals surface area (Å²) in [6.07, 6.45) is 3.38. The molecule has 0 radical (unpaired) electrons. The van der Waals surface area contributed by atoms with Crippen LogP contribution < -0.4 is 4.72 Å². The number of aromatic nitrogens is 1. The molecule has 19 heavy (non-hydrogen) atoms. The van der Waals surface area contributed by atoms with E-state index in [0.29, 0.717) is 12.8 Å². The van der Waals surface area contributed by atoms with Gasteiger partial charge < -0.3 is 5.11 Å². The van der Waals surface area contributed by atoms with Crippen molar-refractivity contribution in [3.63, 3.8) is 0 Å². The summed E-state index contributed by atoms with van der Waals surface area (Å²) in [7, 11) is -3.38. The average Bonchev–Trinajstić information content (AvgIpc) is 2.36. The highest BCUT2D eigenvalue weighted by molar-refractivity contribution is 7.89. The van der Waals surface area contributed by atoms with Crippen LogP contribution in [0.1, 0.15) is 32.4 Å². The Morgan fingerprint density at radius 3 is 2.74 bits per heavy atom. The minimum atomic E-state index is -3.38. The van der Waals surface area contributed by atoms with Crippen LogP contribution in [0.15, 0.2) is 24.4 Å². The zero-order valence-electron chi connectivity index (χ0n) is 11.5. The molecule has 108 valence electrons. The highest BCUT2D eigenvalue weighted by atomic mass is 32.2. The Kier molecular flexibility index (Phi) is 5.90. The van der Waals surface area contributed by atoms with Crippen molar-refractivity contribution >= 4 is 10.0 Å². The molecule has 1 aromatic heterocycles. The summed E-state index contributed by atoms with van der Waals surface area (Å²) in [6.45, 7) is 3.63. The Morgan fingerprint density at radius 2 is 2.16 bits per heavy atom. The minimum Gasteiger partial charge on any atom is -0.389 e. The monoisotopic (exact) mass is 286 g/mol. The average molecular weight is 286 g/mol. The quantitative estimate of drug-likeness (QED) is 0.750. The minimum absolute atomic E-state index is 0.0216. The highest BCUT2D eigenvalue weighted by Gasteiger charge is 2.22. The SMILES string of the molecule is CCCC(C)(O)CNS(=O)(=O)CCc1ccccn1. The number of nitrogens with one attached hydrogen (secondary N) is 1. The van der Waals surface area contributed by atoms with Crippen molar-refractivity contribution in [1.82, 2.24) is 9.71 Å². The molecule has 1 unspecified atom stereocenters. The van der Waals surface area contributed by atoms with E-state index < -0.39 is 15.6 Å². The standard InChI is InChI=1S/C13H22N2O3S/c1-3-8-13(2,16)11-15-19(17,18)10-7-12-6-4-5-9-14-12/h4-6,9,15-16H,3,7-8,10-11H2,1-2H3. The zero-order chi connectivity index (χ0) is 14.4. The van der Waals surface area contributed by atoms with Crippen molar-refractivity contribution in [3.05, 3.63) is 30.1 Å². The molecule has 0 amide bonds. The van der Waals surface area contributed by atoms with Gasteiger partial charge in [-0.05, 0) is 25.5 Å². The fraction of sp³-hybridized carbons (Fsp3) is 0.615. The van der Waals surface area contributed by atoms with E-state index in [1.54, 1.807) is 25.3 Å². The smallest absolute Gasteiger partial charge is 0.212 e. The Hall–Kier alpha value is -0.980. The number of nitrogens with zero attached hydrogens (tertiary/aromatic N) is 1. The second-order valence-electron chi connectivity index (χ2n) is 4.96. The summed E-state index contributed by atoms with van der Waals surface area (Å²) in [4.78, 5) is 4.08. The summed E-state index contributed by atoms with van der Waals surface area (Å²) in [5.74, 6) is -0.0216. The van der Waals surface area contributed by atoms with E-state index in [-0.39, 0.29) is 12.3 Å². The summed E-state index contributed by atoms with van der Waals surface area (Å²) in [5.41, 5.74) is -0.250. The van der Waals surface area contributed by atoms with Crippen LogP contribution in [0.4, 0.5) is 0 Å². The third-order valence-corrected chi connectivity index (χ3v) is 4.14. The zero-order valence-corrected chi connectivity index (χ0v) is 12.3. The lowest BCUT2D eigenvalue weighted by Gasteiger charge is -2.22. The van der Waals surface area contributed by atoms with Gasteiger partial charge in [0.1, 0.15) is 0 Å². The molecule has 0 spiro atoms. The second kappa shape index (κ2) is 6.98. The molecule has 2 N–H and O–H groups in total. The van der Waals surface area contributed by atoms with E-state index in [2.05, 4.69) is 9.71 Å². The van der Waals surface area contributed by atoms with Crippen LogP contribution in [0.3, 0.4) is 0 Å². The molecule has 0 aromatic carbocycles. The second-order valence-corrected chi connectivity index (χ2v) is 6.88. The Balaban J connectivity index is 2.44. The lowest BCUT2D eigenvalue weighted by Crippen LogP contribution is -2.41. The Bertz CT molecular complexity index is 472. The number of aryl methyl sites for hydroxylation is 1. The maximum atomic E-state index is 11.8. The number of rotatable bonds is 8. The van der Waals surface area contributed by atoms with Gasteiger partial charge in [0.2, 0.25) is 10.0 Å². The van der Waals surface area contributed by atoms with Crippen molar-refractivity contribution in [1.29, 1.82) is 0 Å². The molecule has 1 heterocycles. The molecule has 1 atom stereocenters. The predicted molar refractivity (Wildman–Crippen MR) is 75.3 cm³/mol. The van der Waals surface area contributed by atoms with Crippen molar-refractivity contribution in [2.45, 2.75) is 38.7 Å². The van der Waals surface area contributed by atoms with Crippen molar-refractivity contribution < 1.29 is 13.5 Å². The fourth-order valence-corrected chi connectivity index (χ4v) is 2.90. The number of hydrogen-bond donors (Lipinski definition) is 2. The molecular weight excluding hydrogens is 264 g/mol. The van der Waals surface area contributed by atoms with Gasteiger partial charge in [-0.2, -0.15) is 0 Å². The third-order valence-electron chi connectivity index (χ3n) is 2.81. The van der Waals surface area contributed by atoms with Gasteiger partial charge in [-0.25, -0.2) is 13.1 Å². The largest absolute Gasteiger partial charge is 0.389 e. The summed E-state index contributed by atoms with van der Waals surface area (Å²) in [6, 6.07) is 5.41. The lowest BCUT2D eigenvalue weighted by atomic mass is 10.0. The van der Waals surface area contributed by atoms with Crippen molar-refractivity contribution in [2.75, 3.05) is 12.3 Å². The number of aliphatic hydroxyl groups is 1. The Morgan fingerprint density at radius 1 is 1.42 bits per heavy atom. The molecular formula is C13H22N2O3S. The molecule has 0 bridgehead atoms. The van der Waals surface area contributed by atoms with Crippen LogP contribution in [0.2, 0.25) is 0 Å². The van der Waals surface area contributed by atoms with Gasteiger partial charge in [-0.1, -0.05) is 19.4 Å². The van der Waals surface area contributed by atoms with Gasteiger partial charge >= 0.3 is 0 Å². The molecule has 5 nitrogen and oxygen atoms in total. The molecule has 0 fully saturated rings.